The molecule has 5 nitrogen and oxygen atoms in total. The number of rotatable bonds is 6. The summed E-state index contributed by atoms with van der Waals surface area (Å²) in [6.07, 6.45) is 8.27. The van der Waals surface area contributed by atoms with Gasteiger partial charge in [0.1, 0.15) is 5.75 Å². The highest BCUT2D eigenvalue weighted by Crippen LogP contribution is 2.39. The van der Waals surface area contributed by atoms with Gasteiger partial charge in [0.2, 0.25) is 0 Å². The Bertz CT molecular complexity index is 625. The molecular weight excluding hydrogens is 294 g/mol. The number of allylic oxidation sites excluding steroid dienone is 2. The molecule has 2 bridgehead atoms. The average Bonchev–Trinajstić information content (AvgIpc) is 2.59. The highest BCUT2D eigenvalue weighted by molar-refractivity contribution is 5.94. The molecule has 3 aliphatic rings. The van der Waals surface area contributed by atoms with E-state index >= 15 is 0 Å². The SMILES string of the molecule is O=C(O)COc1cccc(C(=O)NCC2CC3C=CC2CC3)c1. The van der Waals surface area contributed by atoms with E-state index < -0.39 is 12.6 Å². The van der Waals surface area contributed by atoms with Crippen molar-refractivity contribution in [1.82, 2.24) is 5.32 Å². The van der Waals surface area contributed by atoms with Gasteiger partial charge in [-0.15, -0.1) is 0 Å². The molecule has 0 aromatic heterocycles. The standard InChI is InChI=1S/C18H21NO4/c20-17(21)11-23-16-3-1-2-14(9-16)18(22)19-10-15-8-12-4-6-13(15)7-5-12/h1-4,6,9,12-13,15H,5,7-8,10-11H2,(H,19,22)(H,20,21). The number of nitrogens with one attached hydrogen (secondary N) is 1. The minimum atomic E-state index is -1.04. The Kier molecular flexibility index (Phi) is 4.65. The number of fused-ring (bicyclic) bond motifs is 2. The first-order valence-electron chi connectivity index (χ1n) is 8.03. The molecule has 1 aromatic carbocycles. The van der Waals surface area contributed by atoms with Crippen LogP contribution in [0, 0.1) is 17.8 Å². The Hall–Kier alpha value is -2.30. The molecule has 0 spiro atoms. The van der Waals surface area contributed by atoms with Gasteiger partial charge in [0.25, 0.3) is 5.91 Å². The van der Waals surface area contributed by atoms with E-state index in [1.807, 2.05) is 0 Å². The number of carboxylic acids is 1. The molecule has 1 aromatic rings. The minimum Gasteiger partial charge on any atom is -0.482 e. The molecule has 0 saturated heterocycles. The molecule has 0 heterocycles. The molecule has 1 saturated carbocycles. The summed E-state index contributed by atoms with van der Waals surface area (Å²) in [6, 6.07) is 6.61. The van der Waals surface area contributed by atoms with E-state index in [9.17, 15) is 9.59 Å². The van der Waals surface area contributed by atoms with Gasteiger partial charge in [0.15, 0.2) is 6.61 Å². The Morgan fingerprint density at radius 1 is 1.26 bits per heavy atom. The van der Waals surface area contributed by atoms with Crippen LogP contribution in [-0.4, -0.2) is 30.1 Å². The largest absolute Gasteiger partial charge is 0.482 e. The van der Waals surface area contributed by atoms with Crippen LogP contribution in [0.15, 0.2) is 36.4 Å². The lowest BCUT2D eigenvalue weighted by atomic mass is 9.69. The van der Waals surface area contributed by atoms with E-state index in [1.165, 1.54) is 12.8 Å². The summed E-state index contributed by atoms with van der Waals surface area (Å²) in [4.78, 5) is 22.8. The third-order valence-electron chi connectivity index (χ3n) is 4.70. The second kappa shape index (κ2) is 6.86. The average molecular weight is 315 g/mol. The third kappa shape index (κ3) is 3.92. The molecule has 2 N–H and O–H groups in total. The number of benzene rings is 1. The van der Waals surface area contributed by atoms with Crippen LogP contribution in [0.1, 0.15) is 29.6 Å². The van der Waals surface area contributed by atoms with Crippen LogP contribution in [0.2, 0.25) is 0 Å². The third-order valence-corrected chi connectivity index (χ3v) is 4.70. The van der Waals surface area contributed by atoms with Crippen molar-refractivity contribution in [3.8, 4) is 5.75 Å². The Morgan fingerprint density at radius 3 is 2.78 bits per heavy atom. The number of carbonyl (C=O) groups excluding carboxylic acids is 1. The normalized spacial score (nSPS) is 25.1. The first kappa shape index (κ1) is 15.6. The minimum absolute atomic E-state index is 0.142. The molecule has 1 amide bonds. The summed E-state index contributed by atoms with van der Waals surface area (Å²) in [5.41, 5.74) is 0.490. The lowest BCUT2D eigenvalue weighted by molar-refractivity contribution is -0.139. The van der Waals surface area contributed by atoms with Gasteiger partial charge < -0.3 is 15.2 Å². The summed E-state index contributed by atoms with van der Waals surface area (Å²) in [6.45, 7) is 0.271. The van der Waals surface area contributed by atoms with Crippen LogP contribution in [0.5, 0.6) is 5.75 Å². The molecule has 3 aliphatic carbocycles. The van der Waals surface area contributed by atoms with Crippen LogP contribution in [0.3, 0.4) is 0 Å². The first-order chi connectivity index (χ1) is 11.1. The van der Waals surface area contributed by atoms with E-state index in [-0.39, 0.29) is 5.91 Å². The molecule has 1 fully saturated rings. The highest BCUT2D eigenvalue weighted by atomic mass is 16.5. The van der Waals surface area contributed by atoms with Crippen molar-refractivity contribution in [2.75, 3.05) is 13.2 Å². The maximum absolute atomic E-state index is 12.3. The molecule has 23 heavy (non-hydrogen) atoms. The summed E-state index contributed by atoms with van der Waals surface area (Å²) in [7, 11) is 0. The number of ether oxygens (including phenoxy) is 1. The first-order valence-corrected chi connectivity index (χ1v) is 8.03. The lowest BCUT2D eigenvalue weighted by Gasteiger charge is -2.38. The topological polar surface area (TPSA) is 75.6 Å². The van der Waals surface area contributed by atoms with Crippen molar-refractivity contribution in [3.05, 3.63) is 42.0 Å². The second-order valence-electron chi connectivity index (χ2n) is 6.30. The molecule has 0 radical (unpaired) electrons. The fraction of sp³-hybridized carbons (Fsp3) is 0.444. The lowest BCUT2D eigenvalue weighted by Crippen LogP contribution is -2.37. The van der Waals surface area contributed by atoms with Gasteiger partial charge in [-0.1, -0.05) is 18.2 Å². The van der Waals surface area contributed by atoms with Gasteiger partial charge in [-0.3, -0.25) is 4.79 Å². The molecular formula is C18H21NO4. The second-order valence-corrected chi connectivity index (χ2v) is 6.30. The van der Waals surface area contributed by atoms with Crippen LogP contribution in [0.4, 0.5) is 0 Å². The maximum Gasteiger partial charge on any atom is 0.341 e. The number of amides is 1. The summed E-state index contributed by atoms with van der Waals surface area (Å²) >= 11 is 0. The number of carboxylic acid groups (broad SMARTS) is 1. The zero-order valence-corrected chi connectivity index (χ0v) is 12.9. The Labute approximate surface area is 135 Å². The van der Waals surface area contributed by atoms with Gasteiger partial charge in [-0.2, -0.15) is 0 Å². The van der Waals surface area contributed by atoms with Crippen molar-refractivity contribution >= 4 is 11.9 Å². The van der Waals surface area contributed by atoms with Crippen LogP contribution < -0.4 is 10.1 Å². The van der Waals surface area contributed by atoms with Gasteiger partial charge in [-0.05, 0) is 55.2 Å². The quantitative estimate of drug-likeness (QED) is 0.791. The van der Waals surface area contributed by atoms with E-state index in [1.54, 1.807) is 24.3 Å². The van der Waals surface area contributed by atoms with Crippen LogP contribution in [0.25, 0.3) is 0 Å². The summed E-state index contributed by atoms with van der Waals surface area (Å²) < 4.78 is 5.10. The van der Waals surface area contributed by atoms with Crippen LogP contribution >= 0.6 is 0 Å². The van der Waals surface area contributed by atoms with Crippen molar-refractivity contribution in [2.24, 2.45) is 17.8 Å². The fourth-order valence-corrected chi connectivity index (χ4v) is 3.48. The summed E-state index contributed by atoms with van der Waals surface area (Å²) in [5, 5.41) is 11.6. The number of hydrogen-bond donors (Lipinski definition) is 2. The van der Waals surface area contributed by atoms with E-state index in [4.69, 9.17) is 9.84 Å². The van der Waals surface area contributed by atoms with Crippen LogP contribution in [-0.2, 0) is 4.79 Å². The monoisotopic (exact) mass is 315 g/mol. The van der Waals surface area contributed by atoms with E-state index in [0.29, 0.717) is 35.6 Å². The maximum atomic E-state index is 12.3. The Balaban J connectivity index is 1.55. The van der Waals surface area contributed by atoms with Crippen molar-refractivity contribution < 1.29 is 19.4 Å². The fourth-order valence-electron chi connectivity index (χ4n) is 3.48. The zero-order valence-electron chi connectivity index (χ0n) is 12.9. The number of hydrogen-bond acceptors (Lipinski definition) is 3. The Morgan fingerprint density at radius 2 is 2.13 bits per heavy atom. The van der Waals surface area contributed by atoms with Crippen molar-refractivity contribution in [3.63, 3.8) is 0 Å². The predicted molar refractivity (Wildman–Crippen MR) is 85.4 cm³/mol. The van der Waals surface area contributed by atoms with Gasteiger partial charge in [-0.25, -0.2) is 4.79 Å². The van der Waals surface area contributed by atoms with Gasteiger partial charge in [0, 0.05) is 12.1 Å². The van der Waals surface area contributed by atoms with Crippen molar-refractivity contribution in [1.29, 1.82) is 0 Å². The molecule has 4 rings (SSSR count). The molecule has 3 unspecified atom stereocenters. The van der Waals surface area contributed by atoms with E-state index in [0.717, 1.165) is 6.42 Å². The molecule has 3 atom stereocenters. The summed E-state index contributed by atoms with van der Waals surface area (Å²) in [5.74, 6) is 0.991. The van der Waals surface area contributed by atoms with E-state index in [2.05, 4.69) is 17.5 Å². The smallest absolute Gasteiger partial charge is 0.341 e. The van der Waals surface area contributed by atoms with Gasteiger partial charge in [0.05, 0.1) is 0 Å². The molecule has 122 valence electrons. The number of aliphatic carboxylic acids is 1. The molecule has 0 aliphatic heterocycles. The predicted octanol–water partition coefficient (Wildman–Crippen LogP) is 2.48. The van der Waals surface area contributed by atoms with Crippen molar-refractivity contribution in [2.45, 2.75) is 19.3 Å². The number of carbonyl (C=O) groups is 2. The highest BCUT2D eigenvalue weighted by Gasteiger charge is 2.31. The zero-order chi connectivity index (χ0) is 16.2. The van der Waals surface area contributed by atoms with Gasteiger partial charge >= 0.3 is 5.97 Å². The molecule has 5 heteroatoms.